The highest BCUT2D eigenvalue weighted by atomic mass is 19.1. The number of benzene rings is 1. The Kier molecular flexibility index (Phi) is 15.3. The molecule has 0 aliphatic carbocycles. The van der Waals surface area contributed by atoms with Crippen molar-refractivity contribution in [1.29, 1.82) is 5.26 Å². The largest absolute Gasteiger partial charge is 0.492 e. The van der Waals surface area contributed by atoms with E-state index < -0.39 is 29.2 Å². The van der Waals surface area contributed by atoms with E-state index in [0.29, 0.717) is 107 Å². The minimum absolute atomic E-state index is 0.157. The first-order valence-corrected chi connectivity index (χ1v) is 26.4. The van der Waals surface area contributed by atoms with Gasteiger partial charge in [0, 0.05) is 126 Å². The minimum Gasteiger partial charge on any atom is -0.492 e. The van der Waals surface area contributed by atoms with Crippen molar-refractivity contribution in [2.24, 2.45) is 0 Å². The molecule has 2 N–H and O–H groups in total. The van der Waals surface area contributed by atoms with Crippen molar-refractivity contribution < 1.29 is 33.1 Å². The molecule has 0 spiro atoms. The lowest BCUT2D eigenvalue weighted by molar-refractivity contribution is -0.137. The number of nitriles is 1. The number of fused-ring (bicyclic) bond motifs is 2. The van der Waals surface area contributed by atoms with Gasteiger partial charge >= 0.3 is 0 Å². The van der Waals surface area contributed by atoms with Crippen LogP contribution < -0.4 is 25.2 Å². The number of carbonyl (C=O) groups is 5. The molecule has 75 heavy (non-hydrogen) atoms. The van der Waals surface area contributed by atoms with Crippen LogP contribution in [-0.4, -0.2) is 165 Å². The second kappa shape index (κ2) is 22.5. The summed E-state index contributed by atoms with van der Waals surface area (Å²) in [5.41, 5.74) is 4.44. The molecule has 1 atom stereocenters. The summed E-state index contributed by atoms with van der Waals surface area (Å²) in [6.07, 6.45) is 12.7. The molecule has 5 aliphatic heterocycles. The predicted molar refractivity (Wildman–Crippen MR) is 277 cm³/mol. The lowest BCUT2D eigenvalue weighted by Gasteiger charge is -2.46. The Morgan fingerprint density at radius 2 is 1.67 bits per heavy atom. The van der Waals surface area contributed by atoms with Gasteiger partial charge in [0.05, 0.1) is 35.6 Å². The summed E-state index contributed by atoms with van der Waals surface area (Å²) in [4.78, 5) is 86.2. The van der Waals surface area contributed by atoms with E-state index in [-0.39, 0.29) is 29.8 Å². The summed E-state index contributed by atoms with van der Waals surface area (Å²) >= 11 is 0. The number of unbranched alkanes of at least 4 members (excludes halogenated alkanes) is 3. The van der Waals surface area contributed by atoms with Crippen LogP contribution in [0.4, 0.5) is 15.9 Å². The number of nitrogens with zero attached hydrogens (tertiary/aromatic N) is 11. The number of amides is 5. The van der Waals surface area contributed by atoms with Gasteiger partial charge in [0.2, 0.25) is 17.7 Å². The zero-order chi connectivity index (χ0) is 52.1. The molecule has 5 aliphatic rings. The third kappa shape index (κ3) is 11.3. The van der Waals surface area contributed by atoms with Crippen LogP contribution in [0.25, 0.3) is 16.6 Å². The molecule has 392 valence electrons. The Labute approximate surface area is 435 Å². The zero-order valence-corrected chi connectivity index (χ0v) is 42.5. The summed E-state index contributed by atoms with van der Waals surface area (Å²) < 4.78 is 22.3. The quantitative estimate of drug-likeness (QED) is 0.0962. The van der Waals surface area contributed by atoms with Gasteiger partial charge in [0.15, 0.2) is 11.5 Å². The second-order valence-corrected chi connectivity index (χ2v) is 20.3. The highest BCUT2D eigenvalue weighted by Gasteiger charge is 2.41. The summed E-state index contributed by atoms with van der Waals surface area (Å²) in [5.74, 6) is -0.486. The second-order valence-electron chi connectivity index (χ2n) is 20.3. The van der Waals surface area contributed by atoms with E-state index in [1.54, 1.807) is 28.0 Å². The molecule has 4 aromatic heterocycles. The summed E-state index contributed by atoms with van der Waals surface area (Å²) in [7, 11) is 0. The number of rotatable bonds is 17. The molecule has 9 heterocycles. The van der Waals surface area contributed by atoms with Gasteiger partial charge in [-0.1, -0.05) is 12.8 Å². The monoisotopic (exact) mass is 1020 g/mol. The zero-order valence-electron chi connectivity index (χ0n) is 42.5. The van der Waals surface area contributed by atoms with Crippen LogP contribution >= 0.6 is 0 Å². The molecule has 4 fully saturated rings. The van der Waals surface area contributed by atoms with Crippen LogP contribution in [0.15, 0.2) is 73.3 Å². The molecule has 0 radical (unpaired) electrons. The first-order valence-electron chi connectivity index (χ1n) is 26.4. The number of imide groups is 1. The van der Waals surface area contributed by atoms with Gasteiger partial charge in [-0.15, -0.1) is 0 Å². The third-order valence-corrected chi connectivity index (χ3v) is 15.6. The topological polar surface area (TPSA) is 205 Å². The fourth-order valence-electron chi connectivity index (χ4n) is 11.4. The fraction of sp³-hybridized carbons (Fsp3) is 0.473. The number of piperazine rings is 2. The van der Waals surface area contributed by atoms with Crippen molar-refractivity contribution in [3.63, 3.8) is 0 Å². The molecule has 0 bridgehead atoms. The van der Waals surface area contributed by atoms with E-state index >= 15 is 0 Å². The summed E-state index contributed by atoms with van der Waals surface area (Å²) in [5, 5.41) is 19.8. The van der Waals surface area contributed by atoms with Crippen molar-refractivity contribution in [3.8, 4) is 22.9 Å². The number of piperidine rings is 2. The van der Waals surface area contributed by atoms with Crippen LogP contribution in [0.2, 0.25) is 0 Å². The van der Waals surface area contributed by atoms with Gasteiger partial charge < -0.3 is 29.7 Å². The highest BCUT2D eigenvalue weighted by molar-refractivity contribution is 6.05. The maximum Gasteiger partial charge on any atom is 0.273 e. The third-order valence-electron chi connectivity index (χ3n) is 15.6. The lowest BCUT2D eigenvalue weighted by atomic mass is 9.86. The minimum atomic E-state index is -0.673. The van der Waals surface area contributed by atoms with Crippen LogP contribution in [-0.2, 0) is 20.9 Å². The molecule has 4 saturated heterocycles. The van der Waals surface area contributed by atoms with Crippen LogP contribution in [0.1, 0.15) is 96.7 Å². The van der Waals surface area contributed by atoms with Crippen molar-refractivity contribution in [2.75, 3.05) is 94.9 Å². The standard InChI is InChI=1S/C55H64FN13O6/c1-2-75-42-31-44(51-40(32-57)34-60-69(51)36-42)38-10-14-47(59-33-38)66-20-16-55(17-21-66,62-53(73)50-45(56)8-7-18-58-50)37-64-24-28-67(29-25-64)49(71)9-5-3-4-6-19-63-22-26-65(27-23-63)41-11-12-43-39(30-41)35-68(54(43)74)46-13-15-48(70)61-52(46)72/h7-8,10-12,14,18,30-31,33-34,36,46H,2-6,9,13,15-17,19-29,35,37H2,1H3,(H,62,73)(H,61,70,72). The van der Waals surface area contributed by atoms with E-state index in [9.17, 15) is 33.6 Å². The Hall–Kier alpha value is -7.50. The maximum atomic E-state index is 14.8. The Bertz CT molecular complexity index is 2970. The number of ether oxygens (including phenoxy) is 1. The highest BCUT2D eigenvalue weighted by Crippen LogP contribution is 2.34. The van der Waals surface area contributed by atoms with Crippen molar-refractivity contribution >= 4 is 46.6 Å². The number of aromatic nitrogens is 4. The van der Waals surface area contributed by atoms with E-state index in [0.717, 1.165) is 86.6 Å². The number of halogens is 1. The normalized spacial score (nSPS) is 19.3. The molecule has 5 aromatic rings. The average Bonchev–Trinajstić information content (AvgIpc) is 4.00. The molecule has 0 saturated carbocycles. The summed E-state index contributed by atoms with van der Waals surface area (Å²) in [6, 6.07) is 16.1. The van der Waals surface area contributed by atoms with Gasteiger partial charge in [-0.25, -0.2) is 18.9 Å². The van der Waals surface area contributed by atoms with Crippen LogP contribution in [0, 0.1) is 17.1 Å². The van der Waals surface area contributed by atoms with E-state index in [1.165, 1.54) is 18.3 Å². The molecule has 1 unspecified atom stereocenters. The molecule has 5 amide bonds. The smallest absolute Gasteiger partial charge is 0.273 e. The molecular weight excluding hydrogens is 958 g/mol. The van der Waals surface area contributed by atoms with Gasteiger partial charge in [-0.3, -0.25) is 39.1 Å². The van der Waals surface area contributed by atoms with Crippen LogP contribution in [0.5, 0.6) is 5.75 Å². The van der Waals surface area contributed by atoms with Crippen molar-refractivity contribution in [3.05, 3.63) is 102 Å². The summed E-state index contributed by atoms with van der Waals surface area (Å²) in [6.45, 7) is 11.7. The molecular formula is C55H64FN13O6. The van der Waals surface area contributed by atoms with Gasteiger partial charge in [0.25, 0.3) is 11.8 Å². The number of hydrogen-bond donors (Lipinski definition) is 2. The lowest BCUT2D eigenvalue weighted by Crippen LogP contribution is -2.63. The van der Waals surface area contributed by atoms with Gasteiger partial charge in [-0.2, -0.15) is 10.4 Å². The number of hydrogen-bond acceptors (Lipinski definition) is 14. The number of carbonyl (C=O) groups excluding carboxylic acids is 5. The molecule has 10 rings (SSSR count). The fourth-order valence-corrected chi connectivity index (χ4v) is 11.4. The van der Waals surface area contributed by atoms with Crippen molar-refractivity contribution in [1.82, 2.24) is 49.8 Å². The van der Waals surface area contributed by atoms with Crippen LogP contribution in [0.3, 0.4) is 0 Å². The average molecular weight is 1020 g/mol. The van der Waals surface area contributed by atoms with Crippen molar-refractivity contribution in [2.45, 2.75) is 82.8 Å². The molecule has 19 nitrogen and oxygen atoms in total. The number of nitrogens with one attached hydrogen (secondary N) is 2. The molecule has 1 aromatic carbocycles. The Morgan fingerprint density at radius 3 is 2.40 bits per heavy atom. The van der Waals surface area contributed by atoms with E-state index in [4.69, 9.17) is 9.72 Å². The van der Waals surface area contributed by atoms with E-state index in [1.807, 2.05) is 42.2 Å². The molecule has 20 heteroatoms. The Balaban J connectivity index is 0.663. The number of pyridine rings is 3. The van der Waals surface area contributed by atoms with Gasteiger partial charge in [-0.05, 0) is 99.7 Å². The predicted octanol–water partition coefficient (Wildman–Crippen LogP) is 4.65. The number of anilines is 2. The van der Waals surface area contributed by atoms with Gasteiger partial charge in [0.1, 0.15) is 23.7 Å². The van der Waals surface area contributed by atoms with E-state index in [2.05, 4.69) is 52.5 Å². The first kappa shape index (κ1) is 51.0. The first-order chi connectivity index (χ1) is 36.5. The SMILES string of the molecule is CCOc1cc(-c2ccc(N3CCC(CN4CCN(C(=O)CCCCCCN5CCN(c6ccc7c(c6)CN(C6CCC(=O)NC6=O)C7=O)CC5)CC4)(NC(=O)c4ncccc4F)CC3)nc2)c2c(C#N)cnn2c1. The Morgan fingerprint density at radius 1 is 0.880 bits per heavy atom. The maximum absolute atomic E-state index is 14.8.